The lowest BCUT2D eigenvalue weighted by Gasteiger charge is -2.28. The first-order chi connectivity index (χ1) is 24.1. The van der Waals surface area contributed by atoms with Crippen LogP contribution in [0.2, 0.25) is 0 Å². The highest BCUT2D eigenvalue weighted by Crippen LogP contribution is 2.12. The van der Waals surface area contributed by atoms with Crippen LogP contribution in [0.3, 0.4) is 0 Å². The molecule has 0 aliphatic rings. The summed E-state index contributed by atoms with van der Waals surface area (Å²) in [5.41, 5.74) is 1.28. The van der Waals surface area contributed by atoms with Crippen molar-refractivity contribution in [2.75, 3.05) is 13.1 Å². The van der Waals surface area contributed by atoms with Gasteiger partial charge in [0.15, 0.2) is 0 Å². The summed E-state index contributed by atoms with van der Waals surface area (Å²) in [5.74, 6) is -1.73. The van der Waals surface area contributed by atoms with Crippen LogP contribution in [0.1, 0.15) is 90.6 Å². The third-order valence-electron chi connectivity index (χ3n) is 8.37. The van der Waals surface area contributed by atoms with E-state index in [-0.39, 0.29) is 53.6 Å². The molecule has 1 heterocycles. The summed E-state index contributed by atoms with van der Waals surface area (Å²) in [6.07, 6.45) is 4.43. The van der Waals surface area contributed by atoms with Gasteiger partial charge in [-0.25, -0.2) is 0 Å². The Morgan fingerprint density at radius 2 is 1.31 bits per heavy atom. The van der Waals surface area contributed by atoms with Gasteiger partial charge in [-0.15, -0.1) is 0 Å². The molecule has 7 N–H and O–H groups in total. The third-order valence-corrected chi connectivity index (χ3v) is 8.37. The van der Waals surface area contributed by atoms with Crippen molar-refractivity contribution in [3.8, 4) is 0 Å². The first-order valence-electron chi connectivity index (χ1n) is 18.1. The fraction of sp³-hybridized carbons (Fsp3) is 0.579. The Labute approximate surface area is 303 Å². The molecule has 282 valence electrons. The van der Waals surface area contributed by atoms with Crippen LogP contribution in [-0.4, -0.2) is 78.0 Å². The van der Waals surface area contributed by atoms with Crippen molar-refractivity contribution in [2.24, 2.45) is 17.8 Å². The normalized spacial score (nSPS) is 14.3. The summed E-state index contributed by atoms with van der Waals surface area (Å²) in [5, 5.41) is 27.2. The first kappa shape index (κ1) is 42.6. The average molecular weight is 711 g/mol. The Kier molecular flexibility index (Phi) is 18.1. The standard InChI is InChI=1S/C38H59N7O6/c1-9-39-38(50)33(26(6)7)44-34(46)27(8)40-23-30(21-24(2)3)41-36(48)31(16-15-28-13-11-10-12-14-28)42-37(49)32(22-25(4)5)43-35(47)29-17-19-45(51)20-18-29/h10-14,17-20,24-27,30-33,40H,9,15-16,21-23H2,1-8H3,(H5-,39,41,42,43,44,46,47,48,49,50,51)/p+1/t27-,30-,31-,32-,33-/m0/s1. The molecule has 51 heavy (non-hydrogen) atoms. The fourth-order valence-corrected chi connectivity index (χ4v) is 5.58. The number of carbonyl (C=O) groups is 5. The number of nitrogens with one attached hydrogen (secondary N) is 6. The van der Waals surface area contributed by atoms with Crippen LogP contribution in [-0.2, 0) is 25.6 Å². The van der Waals surface area contributed by atoms with Crippen LogP contribution in [0.5, 0.6) is 0 Å². The van der Waals surface area contributed by atoms with Gasteiger partial charge in [0.05, 0.1) is 11.6 Å². The van der Waals surface area contributed by atoms with E-state index in [0.29, 0.717) is 32.2 Å². The molecule has 0 aliphatic carbocycles. The molecule has 1 aromatic carbocycles. The van der Waals surface area contributed by atoms with Crippen LogP contribution in [0.15, 0.2) is 54.9 Å². The summed E-state index contributed by atoms with van der Waals surface area (Å²) >= 11 is 0. The maximum atomic E-state index is 14.0. The molecule has 0 radical (unpaired) electrons. The first-order valence-corrected chi connectivity index (χ1v) is 18.1. The maximum absolute atomic E-state index is 14.0. The number of hydrogen-bond acceptors (Lipinski definition) is 7. The molecule has 5 amide bonds. The minimum Gasteiger partial charge on any atom is -0.355 e. The van der Waals surface area contributed by atoms with E-state index in [2.05, 4.69) is 31.9 Å². The zero-order valence-electron chi connectivity index (χ0n) is 31.5. The molecule has 0 spiro atoms. The molecule has 0 fully saturated rings. The number of hydrogen-bond donors (Lipinski definition) is 7. The van der Waals surface area contributed by atoms with Gasteiger partial charge in [0.1, 0.15) is 18.1 Å². The molecule has 0 aliphatic heterocycles. The zero-order valence-corrected chi connectivity index (χ0v) is 31.5. The Balaban J connectivity index is 2.22. The zero-order chi connectivity index (χ0) is 38.1. The highest BCUT2D eigenvalue weighted by atomic mass is 16.5. The molecule has 0 unspecified atom stereocenters. The van der Waals surface area contributed by atoms with E-state index < -0.39 is 36.0 Å². The topological polar surface area (TPSA) is 182 Å². The van der Waals surface area contributed by atoms with Gasteiger partial charge in [-0.2, -0.15) is 0 Å². The lowest BCUT2D eigenvalue weighted by atomic mass is 9.99. The number of likely N-dealkylation sites (N-methyl/N-ethyl adjacent to an activating group) is 1. The molecule has 2 rings (SSSR count). The second kappa shape index (κ2) is 21.6. The highest BCUT2D eigenvalue weighted by molar-refractivity contribution is 5.98. The van der Waals surface area contributed by atoms with Gasteiger partial charge < -0.3 is 31.9 Å². The number of aromatic nitrogens is 1. The lowest BCUT2D eigenvalue weighted by molar-refractivity contribution is -0.904. The van der Waals surface area contributed by atoms with Crippen molar-refractivity contribution in [3.05, 3.63) is 66.0 Å². The predicted molar refractivity (Wildman–Crippen MR) is 196 cm³/mol. The molecule has 2 aromatic rings. The lowest BCUT2D eigenvalue weighted by Crippen LogP contribution is -2.57. The molecule has 0 saturated carbocycles. The highest BCUT2D eigenvalue weighted by Gasteiger charge is 2.30. The molecule has 0 bridgehead atoms. The van der Waals surface area contributed by atoms with Gasteiger partial charge in [0, 0.05) is 36.0 Å². The van der Waals surface area contributed by atoms with E-state index >= 15 is 0 Å². The Hall–Kier alpha value is -4.52. The number of aryl methyl sites for hydroxylation is 1. The van der Waals surface area contributed by atoms with Gasteiger partial charge in [-0.3, -0.25) is 29.2 Å². The van der Waals surface area contributed by atoms with E-state index in [9.17, 15) is 29.2 Å². The second-order valence-corrected chi connectivity index (χ2v) is 14.3. The summed E-state index contributed by atoms with van der Waals surface area (Å²) in [7, 11) is 0. The summed E-state index contributed by atoms with van der Waals surface area (Å²) in [6.45, 7) is 16.0. The smallest absolute Gasteiger partial charge is 0.252 e. The van der Waals surface area contributed by atoms with Crippen molar-refractivity contribution in [1.29, 1.82) is 0 Å². The van der Waals surface area contributed by atoms with Crippen LogP contribution in [0, 0.1) is 17.8 Å². The number of pyridine rings is 1. The Morgan fingerprint density at radius 1 is 0.706 bits per heavy atom. The van der Waals surface area contributed by atoms with Crippen LogP contribution < -0.4 is 36.6 Å². The van der Waals surface area contributed by atoms with Gasteiger partial charge in [-0.1, -0.05) is 71.9 Å². The number of benzene rings is 1. The molecular formula is C38H60N7O6+. The number of amides is 5. The van der Waals surface area contributed by atoms with Gasteiger partial charge in [0.25, 0.3) is 5.91 Å². The van der Waals surface area contributed by atoms with Crippen molar-refractivity contribution < 1.29 is 33.9 Å². The SMILES string of the molecule is CCNC(=O)[C@@H](NC(=O)[C@H](C)NC[C@H](CC(C)C)NC(=O)[C@H](CCc1ccccc1)NC(=O)[C@H](CC(C)C)NC(=O)c1cc[n+](O)cc1)C(C)C. The Morgan fingerprint density at radius 3 is 1.88 bits per heavy atom. The third kappa shape index (κ3) is 15.5. The average Bonchev–Trinajstić information content (AvgIpc) is 3.07. The van der Waals surface area contributed by atoms with E-state index in [1.807, 2.05) is 78.8 Å². The largest absolute Gasteiger partial charge is 0.355 e. The van der Waals surface area contributed by atoms with E-state index in [1.54, 1.807) is 6.92 Å². The molecule has 1 aromatic heterocycles. The van der Waals surface area contributed by atoms with E-state index in [1.165, 1.54) is 24.5 Å². The minimum absolute atomic E-state index is 0.0607. The van der Waals surface area contributed by atoms with Gasteiger partial charge in [-0.05, 0) is 62.8 Å². The van der Waals surface area contributed by atoms with Crippen LogP contribution >= 0.6 is 0 Å². The van der Waals surface area contributed by atoms with Crippen LogP contribution in [0.4, 0.5) is 0 Å². The molecule has 0 saturated heterocycles. The quantitative estimate of drug-likeness (QED) is 0.0767. The molecule has 13 heteroatoms. The summed E-state index contributed by atoms with van der Waals surface area (Å²) in [6, 6.07) is 9.04. The second-order valence-electron chi connectivity index (χ2n) is 14.3. The summed E-state index contributed by atoms with van der Waals surface area (Å²) in [4.78, 5) is 66.3. The van der Waals surface area contributed by atoms with Gasteiger partial charge in [0.2, 0.25) is 36.0 Å². The molecule has 13 nitrogen and oxygen atoms in total. The van der Waals surface area contributed by atoms with Crippen molar-refractivity contribution in [2.45, 2.75) is 111 Å². The number of nitrogens with zero attached hydrogens (tertiary/aromatic N) is 1. The van der Waals surface area contributed by atoms with Crippen molar-refractivity contribution in [3.63, 3.8) is 0 Å². The van der Waals surface area contributed by atoms with E-state index in [4.69, 9.17) is 0 Å². The fourth-order valence-electron chi connectivity index (χ4n) is 5.58. The minimum atomic E-state index is -0.910. The number of carbonyl (C=O) groups excluding carboxylic acids is 5. The molecule has 5 atom stereocenters. The summed E-state index contributed by atoms with van der Waals surface area (Å²) < 4.78 is 0.819. The monoisotopic (exact) mass is 710 g/mol. The van der Waals surface area contributed by atoms with Crippen molar-refractivity contribution >= 4 is 29.5 Å². The van der Waals surface area contributed by atoms with Crippen molar-refractivity contribution in [1.82, 2.24) is 31.9 Å². The molecular weight excluding hydrogens is 650 g/mol. The number of rotatable bonds is 21. The predicted octanol–water partition coefficient (Wildman–Crippen LogP) is 2.26. The van der Waals surface area contributed by atoms with Gasteiger partial charge >= 0.3 is 0 Å². The van der Waals surface area contributed by atoms with Crippen LogP contribution in [0.25, 0.3) is 0 Å². The Bertz CT molecular complexity index is 1400. The van der Waals surface area contributed by atoms with E-state index in [0.717, 1.165) is 10.3 Å². The maximum Gasteiger partial charge on any atom is 0.252 e.